The highest BCUT2D eigenvalue weighted by Crippen LogP contribution is 2.26. The number of fused-ring (bicyclic) bond motifs is 1. The Morgan fingerprint density at radius 1 is 1.14 bits per heavy atom. The largest absolute Gasteiger partial charge is 0.269 e. The Morgan fingerprint density at radius 3 is 2.48 bits per heavy atom. The average molecular weight is 387 g/mol. The second kappa shape index (κ2) is 5.08. The Morgan fingerprint density at radius 2 is 1.81 bits per heavy atom. The van der Waals surface area contributed by atoms with Crippen LogP contribution in [-0.2, 0) is 10.0 Å². The lowest BCUT2D eigenvalue weighted by Gasteiger charge is -2.07. The molecule has 21 heavy (non-hydrogen) atoms. The third kappa shape index (κ3) is 2.45. The van der Waals surface area contributed by atoms with Gasteiger partial charge >= 0.3 is 0 Å². The van der Waals surface area contributed by atoms with E-state index in [4.69, 9.17) is 11.6 Å². The van der Waals surface area contributed by atoms with E-state index in [9.17, 15) is 8.42 Å². The van der Waals surface area contributed by atoms with Gasteiger partial charge in [0.1, 0.15) is 5.15 Å². The lowest BCUT2D eigenvalue weighted by Crippen LogP contribution is -2.12. The summed E-state index contributed by atoms with van der Waals surface area (Å²) in [6, 6.07) is 8.20. The molecule has 0 aliphatic rings. The number of rotatable bonds is 2. The van der Waals surface area contributed by atoms with Gasteiger partial charge in [0.15, 0.2) is 10.4 Å². The molecule has 2 heterocycles. The molecule has 2 aromatic heterocycles. The zero-order valence-electron chi connectivity index (χ0n) is 10.8. The van der Waals surface area contributed by atoms with Crippen molar-refractivity contribution in [1.29, 1.82) is 0 Å². The van der Waals surface area contributed by atoms with E-state index in [1.165, 1.54) is 6.20 Å². The minimum atomic E-state index is -3.73. The zero-order valence-corrected chi connectivity index (χ0v) is 13.9. The molecule has 0 aliphatic carbocycles. The van der Waals surface area contributed by atoms with Crippen molar-refractivity contribution in [3.05, 3.63) is 52.0 Å². The number of hydrogen-bond donors (Lipinski definition) is 0. The van der Waals surface area contributed by atoms with Gasteiger partial charge in [0.2, 0.25) is 0 Å². The molecule has 108 valence electrons. The van der Waals surface area contributed by atoms with E-state index in [1.54, 1.807) is 30.3 Å². The highest BCUT2D eigenvalue weighted by Gasteiger charge is 2.21. The molecule has 1 aromatic carbocycles. The predicted molar refractivity (Wildman–Crippen MR) is 84.0 cm³/mol. The van der Waals surface area contributed by atoms with Crippen molar-refractivity contribution in [3.63, 3.8) is 0 Å². The standard InChI is InChI=1S/C13H9BrClN3O2S/c1-8-2-4-9(5-3-8)21(19,20)18-7-6-10-11(15)16-13(14)17-12(10)18/h2-7H,1H3. The Balaban J connectivity index is 2.27. The van der Waals surface area contributed by atoms with Gasteiger partial charge in [-0.3, -0.25) is 0 Å². The van der Waals surface area contributed by atoms with Crippen LogP contribution >= 0.6 is 27.5 Å². The quantitative estimate of drug-likeness (QED) is 0.500. The summed E-state index contributed by atoms with van der Waals surface area (Å²) in [6.45, 7) is 1.89. The van der Waals surface area contributed by atoms with Gasteiger partial charge in [-0.25, -0.2) is 22.4 Å². The molecule has 0 amide bonds. The Labute approximate surface area is 134 Å². The van der Waals surface area contributed by atoms with Gasteiger partial charge in [-0.1, -0.05) is 29.3 Å². The van der Waals surface area contributed by atoms with Crippen molar-refractivity contribution in [2.45, 2.75) is 11.8 Å². The monoisotopic (exact) mass is 385 g/mol. The second-order valence-electron chi connectivity index (χ2n) is 4.45. The van der Waals surface area contributed by atoms with Crippen LogP contribution in [0.5, 0.6) is 0 Å². The van der Waals surface area contributed by atoms with Gasteiger partial charge in [0.25, 0.3) is 10.0 Å². The molecule has 8 heteroatoms. The maximum absolute atomic E-state index is 12.7. The number of aryl methyl sites for hydroxylation is 1. The summed E-state index contributed by atoms with van der Waals surface area (Å²) < 4.78 is 26.7. The maximum Gasteiger partial charge on any atom is 0.269 e. The molecule has 0 bridgehead atoms. The smallest absolute Gasteiger partial charge is 0.224 e. The van der Waals surface area contributed by atoms with Gasteiger partial charge in [-0.2, -0.15) is 0 Å². The van der Waals surface area contributed by atoms with Crippen LogP contribution in [-0.4, -0.2) is 22.4 Å². The van der Waals surface area contributed by atoms with E-state index in [2.05, 4.69) is 25.9 Å². The molecule has 3 rings (SSSR count). The highest BCUT2D eigenvalue weighted by atomic mass is 79.9. The molecular formula is C13H9BrClN3O2S. The molecule has 0 N–H and O–H groups in total. The number of aromatic nitrogens is 3. The van der Waals surface area contributed by atoms with Crippen LogP contribution in [0.15, 0.2) is 46.2 Å². The first-order chi connectivity index (χ1) is 9.89. The fourth-order valence-corrected chi connectivity index (χ4v) is 3.92. The van der Waals surface area contributed by atoms with E-state index < -0.39 is 10.0 Å². The average Bonchev–Trinajstić information content (AvgIpc) is 2.83. The Kier molecular flexibility index (Phi) is 3.51. The minimum absolute atomic E-state index is 0.191. The van der Waals surface area contributed by atoms with Crippen LogP contribution in [0.25, 0.3) is 11.0 Å². The molecule has 0 spiro atoms. The Bertz CT molecular complexity index is 936. The van der Waals surface area contributed by atoms with Crippen molar-refractivity contribution in [1.82, 2.24) is 13.9 Å². The molecule has 0 atom stereocenters. The van der Waals surface area contributed by atoms with Gasteiger partial charge in [0.05, 0.1) is 10.3 Å². The summed E-state index contributed by atoms with van der Waals surface area (Å²) >= 11 is 9.12. The third-order valence-corrected chi connectivity index (χ3v) is 5.34. The van der Waals surface area contributed by atoms with Crippen molar-refractivity contribution in [2.24, 2.45) is 0 Å². The summed E-state index contributed by atoms with van der Waals surface area (Å²) in [7, 11) is -3.73. The van der Waals surface area contributed by atoms with E-state index >= 15 is 0 Å². The van der Waals surface area contributed by atoms with Crippen LogP contribution in [0.2, 0.25) is 5.15 Å². The molecule has 0 unspecified atom stereocenters. The third-order valence-electron chi connectivity index (χ3n) is 3.01. The summed E-state index contributed by atoms with van der Waals surface area (Å²) in [4.78, 5) is 8.25. The number of benzene rings is 1. The summed E-state index contributed by atoms with van der Waals surface area (Å²) in [5.74, 6) is 0. The van der Waals surface area contributed by atoms with E-state index in [0.29, 0.717) is 5.39 Å². The number of hydrogen-bond acceptors (Lipinski definition) is 4. The molecule has 5 nitrogen and oxygen atoms in total. The van der Waals surface area contributed by atoms with Crippen molar-refractivity contribution >= 4 is 48.6 Å². The van der Waals surface area contributed by atoms with Crippen LogP contribution in [0.3, 0.4) is 0 Å². The number of halogens is 2. The molecule has 3 aromatic rings. The molecule has 0 radical (unpaired) electrons. The van der Waals surface area contributed by atoms with Crippen molar-refractivity contribution in [3.8, 4) is 0 Å². The van der Waals surface area contributed by atoms with Crippen LogP contribution in [0.4, 0.5) is 0 Å². The maximum atomic E-state index is 12.7. The van der Waals surface area contributed by atoms with Gasteiger partial charge in [-0.15, -0.1) is 0 Å². The van der Waals surface area contributed by atoms with Crippen LogP contribution in [0, 0.1) is 6.92 Å². The zero-order chi connectivity index (χ0) is 15.2. The summed E-state index contributed by atoms with van der Waals surface area (Å²) in [5.41, 5.74) is 1.22. The lowest BCUT2D eigenvalue weighted by molar-refractivity contribution is 0.588. The molecule has 0 saturated carbocycles. The first-order valence-corrected chi connectivity index (χ1v) is 8.53. The molecule has 0 fully saturated rings. The van der Waals surface area contributed by atoms with E-state index in [1.807, 2.05) is 6.92 Å². The predicted octanol–water partition coefficient (Wildman–Crippen LogP) is 3.39. The van der Waals surface area contributed by atoms with Crippen molar-refractivity contribution in [2.75, 3.05) is 0 Å². The van der Waals surface area contributed by atoms with E-state index in [0.717, 1.165) is 9.54 Å². The fourth-order valence-electron chi connectivity index (χ4n) is 1.95. The SMILES string of the molecule is Cc1ccc(S(=O)(=O)n2ccc3c(Cl)nc(Br)nc32)cc1. The first kappa shape index (κ1) is 14.5. The van der Waals surface area contributed by atoms with Gasteiger partial charge in [-0.05, 0) is 41.1 Å². The highest BCUT2D eigenvalue weighted by molar-refractivity contribution is 9.10. The Hall–Kier alpha value is -1.44. The van der Waals surface area contributed by atoms with E-state index in [-0.39, 0.29) is 20.4 Å². The van der Waals surface area contributed by atoms with Gasteiger partial charge < -0.3 is 0 Å². The minimum Gasteiger partial charge on any atom is -0.224 e. The second-order valence-corrected chi connectivity index (χ2v) is 7.33. The fraction of sp³-hybridized carbons (Fsp3) is 0.0769. The van der Waals surface area contributed by atoms with Crippen molar-refractivity contribution < 1.29 is 8.42 Å². The molecule has 0 saturated heterocycles. The van der Waals surface area contributed by atoms with Crippen LogP contribution < -0.4 is 0 Å². The number of nitrogens with zero attached hydrogens (tertiary/aromatic N) is 3. The topological polar surface area (TPSA) is 64.8 Å². The summed E-state index contributed by atoms with van der Waals surface area (Å²) in [6.07, 6.45) is 1.42. The lowest BCUT2D eigenvalue weighted by atomic mass is 10.2. The molecule has 0 aliphatic heterocycles. The van der Waals surface area contributed by atoms with Gasteiger partial charge in [0, 0.05) is 6.20 Å². The molecular weight excluding hydrogens is 378 g/mol. The van der Waals surface area contributed by atoms with Crippen LogP contribution in [0.1, 0.15) is 5.56 Å². The normalized spacial score (nSPS) is 12.0. The first-order valence-electron chi connectivity index (χ1n) is 5.92. The summed E-state index contributed by atoms with van der Waals surface area (Å²) in [5, 5.41) is 0.681.